The number of para-hydroxylation sites is 3. The average molecular weight is 1030 g/mol. The molecule has 0 saturated carbocycles. The number of rotatable bonds is 10. The number of benzene rings is 6. The molecule has 0 saturated heterocycles. The Kier molecular flexibility index (Phi) is 13.5. The Bertz CT molecular complexity index is 4100. The van der Waals surface area contributed by atoms with E-state index in [0.29, 0.717) is 73.1 Å². The van der Waals surface area contributed by atoms with Gasteiger partial charge in [-0.2, -0.15) is 0 Å². The molecule has 0 radical (unpaired) electrons. The molecule has 6 heterocycles. The van der Waals surface area contributed by atoms with Crippen molar-refractivity contribution in [3.05, 3.63) is 206 Å². The highest BCUT2D eigenvalue weighted by Crippen LogP contribution is 2.46. The van der Waals surface area contributed by atoms with E-state index in [9.17, 15) is 25.3 Å². The molecule has 0 aliphatic carbocycles. The van der Waals surface area contributed by atoms with Crippen LogP contribution in [-0.2, 0) is 0 Å². The van der Waals surface area contributed by atoms with Crippen molar-refractivity contribution in [3.8, 4) is 68.1 Å². The topological polar surface area (TPSA) is 218 Å². The van der Waals surface area contributed by atoms with Gasteiger partial charge in [0, 0.05) is 22.4 Å². The fraction of sp³-hybridized carbons (Fsp3) is 0.136. The number of phenols is 1. The lowest BCUT2D eigenvalue weighted by molar-refractivity contribution is -0.382. The predicted molar refractivity (Wildman–Crippen MR) is 293 cm³/mol. The Balaban J connectivity index is 0.000000131. The van der Waals surface area contributed by atoms with Gasteiger partial charge in [0.15, 0.2) is 0 Å². The van der Waals surface area contributed by atoms with E-state index in [0.717, 1.165) is 50.9 Å². The molecule has 0 aliphatic rings. The van der Waals surface area contributed by atoms with Gasteiger partial charge in [0.1, 0.15) is 45.9 Å². The molecule has 0 bridgehead atoms. The van der Waals surface area contributed by atoms with Crippen LogP contribution in [-0.4, -0.2) is 58.3 Å². The third kappa shape index (κ3) is 9.06. The molecule has 0 spiro atoms. The molecule has 0 atom stereocenters. The number of hydrogen-bond acceptors (Lipinski definition) is 13. The van der Waals surface area contributed by atoms with E-state index >= 15 is 0 Å². The fourth-order valence-corrected chi connectivity index (χ4v) is 9.98. The summed E-state index contributed by atoms with van der Waals surface area (Å²) in [6.07, 6.45) is 0. The summed E-state index contributed by atoms with van der Waals surface area (Å²) in [5.74, 6) is 3.54. The second-order valence-electron chi connectivity index (χ2n) is 18.0. The number of nitro groups is 2. The van der Waals surface area contributed by atoms with E-state index in [1.54, 1.807) is 95.0 Å². The van der Waals surface area contributed by atoms with Crippen LogP contribution in [0.4, 0.5) is 11.4 Å². The van der Waals surface area contributed by atoms with E-state index < -0.39 is 0 Å². The summed E-state index contributed by atoms with van der Waals surface area (Å²) < 4.78 is 32.4. The molecule has 0 aliphatic heterocycles. The van der Waals surface area contributed by atoms with Gasteiger partial charge in [-0.05, 0) is 151 Å². The zero-order valence-electron chi connectivity index (χ0n) is 43.1. The predicted octanol–water partition coefficient (Wildman–Crippen LogP) is 14.2. The van der Waals surface area contributed by atoms with Gasteiger partial charge in [-0.1, -0.05) is 57.9 Å². The van der Waals surface area contributed by atoms with Crippen molar-refractivity contribution in [3.63, 3.8) is 0 Å². The van der Waals surface area contributed by atoms with Gasteiger partial charge < -0.3 is 41.9 Å². The van der Waals surface area contributed by atoms with Crippen LogP contribution in [0.1, 0.15) is 34.4 Å². The lowest BCUT2D eigenvalue weighted by atomic mass is 10.1. The summed E-state index contributed by atoms with van der Waals surface area (Å²) in [5, 5.41) is 47.9. The lowest BCUT2D eigenvalue weighted by Crippen LogP contribution is -2.00. The molecule has 18 nitrogen and oxygen atoms in total. The van der Waals surface area contributed by atoms with Crippen molar-refractivity contribution in [2.45, 2.75) is 41.5 Å². The number of methoxy groups -OCH3 is 2. The van der Waals surface area contributed by atoms with Crippen molar-refractivity contribution in [1.82, 2.24) is 29.2 Å². The Hall–Kier alpha value is -10.2. The van der Waals surface area contributed by atoms with Crippen LogP contribution in [0.5, 0.6) is 17.2 Å². The number of nitrogens with zero attached hydrogens (tertiary/aromatic N) is 8. The molecule has 12 aromatic rings. The number of aryl methyl sites for hydroxylation is 6. The molecule has 0 fully saturated rings. The molecule has 12 rings (SSSR count). The summed E-state index contributed by atoms with van der Waals surface area (Å²) in [6.45, 7) is 11.0. The van der Waals surface area contributed by atoms with Gasteiger partial charge in [0.2, 0.25) is 0 Å². The fourth-order valence-electron chi connectivity index (χ4n) is 9.98. The smallest absolute Gasteiger partial charge is 0.303 e. The first-order valence-corrected chi connectivity index (χ1v) is 24.2. The molecule has 0 unspecified atom stereocenters. The van der Waals surface area contributed by atoms with Crippen molar-refractivity contribution in [1.29, 1.82) is 0 Å². The van der Waals surface area contributed by atoms with E-state index in [1.165, 1.54) is 5.39 Å². The van der Waals surface area contributed by atoms with Gasteiger partial charge >= 0.3 is 11.4 Å². The SMILES string of the molecule is COc1ccc(-n2c(-c3c(C)noc3C)c([N+](=O)[O-])c3ccccc32)cc1.COc1ccc(-n2c(-c3c(C)noc3C)cc3ccccc32)cc1.Cc1noc(C)c1-c1c([N+](=O)[O-])c2ccccc2n1-c1ccc(O)cc1. The molecule has 77 heavy (non-hydrogen) atoms. The summed E-state index contributed by atoms with van der Waals surface area (Å²) in [5.41, 5.74) is 11.5. The third-order valence-electron chi connectivity index (χ3n) is 13.4. The zero-order valence-corrected chi connectivity index (χ0v) is 43.1. The van der Waals surface area contributed by atoms with Crippen LogP contribution in [0.3, 0.4) is 0 Å². The molecule has 0 amide bonds. The molecule has 6 aromatic heterocycles. The second-order valence-corrected chi connectivity index (χ2v) is 18.0. The minimum absolute atomic E-state index is 0.00285. The van der Waals surface area contributed by atoms with Crippen LogP contribution >= 0.6 is 0 Å². The molecule has 6 aromatic carbocycles. The van der Waals surface area contributed by atoms with Crippen molar-refractivity contribution < 1.29 is 38.0 Å². The zero-order chi connectivity index (χ0) is 54.2. The average Bonchev–Trinajstić information content (AvgIpc) is 4.36. The van der Waals surface area contributed by atoms with Crippen LogP contribution in [0, 0.1) is 61.8 Å². The standard InChI is InChI=1S/C20H17N3O4.C20H18N2O2.C19H15N3O4/c1-12-18(13(2)27-21-12)20-19(23(24)25)16-6-4-5-7-17(16)22(20)14-8-10-15(26-3)11-9-14;1-13-20(14(2)24-21-13)19-12-15-6-4-5-7-18(15)22(19)16-8-10-17(23-3)11-9-16;1-11-17(12(2)26-20-11)19-18(22(24)25)15-5-3-4-6-16(15)21(19)13-7-9-14(23)10-8-13/h4-11H,1-3H3;4-12H,1-3H3;3-10,23H,1-2H3. The van der Waals surface area contributed by atoms with Crippen LogP contribution in [0.2, 0.25) is 0 Å². The van der Waals surface area contributed by atoms with E-state index in [4.69, 9.17) is 23.0 Å². The van der Waals surface area contributed by atoms with Crippen LogP contribution in [0.25, 0.3) is 83.5 Å². The lowest BCUT2D eigenvalue weighted by Gasteiger charge is -2.11. The van der Waals surface area contributed by atoms with Gasteiger partial charge in [-0.25, -0.2) is 0 Å². The Labute approximate surface area is 439 Å². The maximum absolute atomic E-state index is 12.0. The van der Waals surface area contributed by atoms with Gasteiger partial charge in [-0.15, -0.1) is 0 Å². The van der Waals surface area contributed by atoms with Crippen LogP contribution in [0.15, 0.2) is 165 Å². The van der Waals surface area contributed by atoms with E-state index in [1.807, 2.05) is 79.1 Å². The second kappa shape index (κ2) is 20.6. The van der Waals surface area contributed by atoms with Crippen molar-refractivity contribution >= 4 is 44.1 Å². The highest BCUT2D eigenvalue weighted by molar-refractivity contribution is 6.02. The Morgan fingerprint density at radius 2 is 0.831 bits per heavy atom. The van der Waals surface area contributed by atoms with E-state index in [-0.39, 0.29) is 27.0 Å². The highest BCUT2D eigenvalue weighted by atomic mass is 16.6. The summed E-state index contributed by atoms with van der Waals surface area (Å²) in [4.78, 5) is 23.3. The van der Waals surface area contributed by atoms with Crippen molar-refractivity contribution in [2.24, 2.45) is 0 Å². The molecular weight excluding hydrogens is 981 g/mol. The van der Waals surface area contributed by atoms with E-state index in [2.05, 4.69) is 62.5 Å². The highest BCUT2D eigenvalue weighted by Gasteiger charge is 2.33. The molecule has 18 heteroatoms. The first kappa shape index (κ1) is 50.3. The minimum atomic E-state index is -0.375. The monoisotopic (exact) mass is 1030 g/mol. The normalized spacial score (nSPS) is 11.1. The maximum atomic E-state index is 12.0. The number of aromatic nitrogens is 6. The van der Waals surface area contributed by atoms with Crippen LogP contribution < -0.4 is 9.47 Å². The van der Waals surface area contributed by atoms with Gasteiger partial charge in [0.25, 0.3) is 0 Å². The van der Waals surface area contributed by atoms with Gasteiger partial charge in [-0.3, -0.25) is 20.2 Å². The number of hydrogen-bond donors (Lipinski definition) is 1. The van der Waals surface area contributed by atoms with Crippen molar-refractivity contribution in [2.75, 3.05) is 14.2 Å². The molecule has 386 valence electrons. The minimum Gasteiger partial charge on any atom is -0.508 e. The Morgan fingerprint density at radius 1 is 0.468 bits per heavy atom. The largest absolute Gasteiger partial charge is 0.508 e. The molecule has 1 N–H and O–H groups in total. The molecular formula is C59H50N8O10. The maximum Gasteiger partial charge on any atom is 0.303 e. The number of phenolic OH excluding ortho intramolecular Hbond substituents is 1. The first-order chi connectivity index (χ1) is 37.2. The third-order valence-corrected chi connectivity index (χ3v) is 13.4. The number of aromatic hydroxyl groups is 1. The summed E-state index contributed by atoms with van der Waals surface area (Å²) in [7, 11) is 3.27. The Morgan fingerprint density at radius 3 is 1.22 bits per heavy atom. The summed E-state index contributed by atoms with van der Waals surface area (Å²) in [6, 6.07) is 47.0. The number of ether oxygens (including phenoxy) is 2. The number of fused-ring (bicyclic) bond motifs is 3. The van der Waals surface area contributed by atoms with Gasteiger partial charge in [0.05, 0.1) is 90.9 Å². The first-order valence-electron chi connectivity index (χ1n) is 24.2. The quantitative estimate of drug-likeness (QED) is 0.0997. The summed E-state index contributed by atoms with van der Waals surface area (Å²) >= 11 is 0.